The maximum atomic E-state index is 11.8. The molecular formula is C54H60N8O10S. The number of hydrogen-bond acceptors (Lipinski definition) is 12. The number of sulfone groups is 1. The Hall–Kier alpha value is -8.19. The van der Waals surface area contributed by atoms with E-state index >= 15 is 0 Å². The van der Waals surface area contributed by atoms with Crippen LogP contribution in [-0.4, -0.2) is 102 Å². The number of aromatic amines is 2. The summed E-state index contributed by atoms with van der Waals surface area (Å²) < 4.78 is 37.5. The van der Waals surface area contributed by atoms with Gasteiger partial charge in [-0.1, -0.05) is 20.9 Å². The minimum Gasteiger partial charge on any atom is -0.481 e. The van der Waals surface area contributed by atoms with Crippen molar-refractivity contribution in [3.8, 4) is 0 Å². The van der Waals surface area contributed by atoms with Gasteiger partial charge >= 0.3 is 23.9 Å². The number of carbonyl (C=O) groups is 4. The number of aromatic carboxylic acids is 1. The summed E-state index contributed by atoms with van der Waals surface area (Å²) in [5.74, 6) is -2.62. The van der Waals surface area contributed by atoms with Crippen LogP contribution in [0.2, 0.25) is 0 Å². The third-order valence-corrected chi connectivity index (χ3v) is 13.7. The number of aromatic nitrogens is 8. The van der Waals surface area contributed by atoms with Crippen LogP contribution in [0.4, 0.5) is 0 Å². The Morgan fingerprint density at radius 3 is 1.92 bits per heavy atom. The number of nitrogens with zero attached hydrogens (tertiary/aromatic N) is 6. The Labute approximate surface area is 422 Å². The molecule has 0 bridgehead atoms. The van der Waals surface area contributed by atoms with E-state index < -0.39 is 27.7 Å². The van der Waals surface area contributed by atoms with Crippen molar-refractivity contribution in [1.29, 1.82) is 0 Å². The lowest BCUT2D eigenvalue weighted by Gasteiger charge is -2.23. The van der Waals surface area contributed by atoms with Crippen molar-refractivity contribution in [3.63, 3.8) is 0 Å². The van der Waals surface area contributed by atoms with Crippen LogP contribution in [0.25, 0.3) is 44.1 Å². The fraction of sp³-hybridized carbons (Fsp3) is 0.296. The maximum Gasteiger partial charge on any atom is 0.354 e. The minimum atomic E-state index is -3.24. The first-order valence-electron chi connectivity index (χ1n) is 22.9. The molecule has 19 heteroatoms. The molecule has 1 aromatic carbocycles. The van der Waals surface area contributed by atoms with Gasteiger partial charge in [-0.25, -0.2) is 37.9 Å². The Balaban J connectivity index is 0.000000167. The summed E-state index contributed by atoms with van der Waals surface area (Å²) in [5, 5.41) is 22.0. The first-order chi connectivity index (χ1) is 34.1. The Kier molecular flexibility index (Phi) is 17.3. The number of rotatable bonds is 8. The third kappa shape index (κ3) is 12.1. The van der Waals surface area contributed by atoms with Gasteiger partial charge in [-0.05, 0) is 135 Å². The zero-order valence-corrected chi connectivity index (χ0v) is 40.3. The quantitative estimate of drug-likeness (QED) is 0.104. The van der Waals surface area contributed by atoms with Crippen LogP contribution in [0.3, 0.4) is 0 Å². The van der Waals surface area contributed by atoms with Crippen LogP contribution < -0.4 is 0 Å². The molecule has 0 saturated carbocycles. The number of esters is 2. The number of nitrogens with one attached hydrogen (secondary N) is 2. The number of hydrogen-bond donors (Lipinski definition) is 4. The van der Waals surface area contributed by atoms with Gasteiger partial charge in [0.1, 0.15) is 34.0 Å². The van der Waals surface area contributed by atoms with Gasteiger partial charge < -0.3 is 38.8 Å². The van der Waals surface area contributed by atoms with Gasteiger partial charge in [-0.15, -0.1) is 0 Å². The fourth-order valence-corrected chi connectivity index (χ4v) is 9.68. The molecule has 0 fully saturated rings. The minimum absolute atomic E-state index is 0. The lowest BCUT2D eigenvalue weighted by Crippen LogP contribution is -2.28. The predicted molar refractivity (Wildman–Crippen MR) is 278 cm³/mol. The van der Waals surface area contributed by atoms with Crippen molar-refractivity contribution < 1.29 is 47.3 Å². The number of carboxylic acids is 2. The van der Waals surface area contributed by atoms with E-state index in [0.29, 0.717) is 60.8 Å². The summed E-state index contributed by atoms with van der Waals surface area (Å²) >= 11 is 0. The van der Waals surface area contributed by atoms with Gasteiger partial charge in [0.2, 0.25) is 0 Å². The second kappa shape index (κ2) is 23.4. The Bertz CT molecular complexity index is 3490. The van der Waals surface area contributed by atoms with E-state index in [1.54, 1.807) is 55.1 Å². The van der Waals surface area contributed by atoms with Crippen LogP contribution >= 0.6 is 0 Å². The molecule has 2 aliphatic heterocycles. The monoisotopic (exact) mass is 1010 g/mol. The highest BCUT2D eigenvalue weighted by molar-refractivity contribution is 7.90. The van der Waals surface area contributed by atoms with Crippen LogP contribution in [0.5, 0.6) is 0 Å². The van der Waals surface area contributed by atoms with Gasteiger partial charge in [0.05, 0.1) is 30.4 Å². The average Bonchev–Trinajstić information content (AvgIpc) is 4.17. The Morgan fingerprint density at radius 2 is 1.32 bits per heavy atom. The van der Waals surface area contributed by atoms with E-state index in [9.17, 15) is 32.7 Å². The van der Waals surface area contributed by atoms with E-state index in [2.05, 4.69) is 51.3 Å². The molecule has 11 rings (SSSR count). The largest absolute Gasteiger partial charge is 0.481 e. The fourth-order valence-electron chi connectivity index (χ4n) is 8.97. The van der Waals surface area contributed by atoms with Crippen molar-refractivity contribution in [2.45, 2.75) is 78.8 Å². The molecule has 2 atom stereocenters. The number of benzene rings is 1. The molecule has 0 spiro atoms. The Morgan fingerprint density at radius 1 is 0.726 bits per heavy atom. The normalized spacial score (nSPS) is 14.6. The van der Waals surface area contributed by atoms with Crippen LogP contribution in [0, 0.1) is 18.8 Å². The van der Waals surface area contributed by atoms with E-state index in [4.69, 9.17) is 9.84 Å². The van der Waals surface area contributed by atoms with Gasteiger partial charge in [-0.2, -0.15) is 0 Å². The molecule has 0 aliphatic carbocycles. The molecule has 382 valence electrons. The zero-order chi connectivity index (χ0) is 50.4. The highest BCUT2D eigenvalue weighted by Gasteiger charge is 2.30. The second-order valence-corrected chi connectivity index (χ2v) is 19.2. The smallest absolute Gasteiger partial charge is 0.354 e. The maximum absolute atomic E-state index is 11.8. The summed E-state index contributed by atoms with van der Waals surface area (Å²) in [6, 6.07) is 25.9. The molecular weight excluding hydrogens is 953 g/mol. The molecule has 4 N–H and O–H groups in total. The highest BCUT2D eigenvalue weighted by Crippen LogP contribution is 2.34. The van der Waals surface area contributed by atoms with E-state index in [0.717, 1.165) is 68.1 Å². The number of carboxylic acid groups (broad SMARTS) is 2. The van der Waals surface area contributed by atoms with Gasteiger partial charge in [-0.3, -0.25) is 9.59 Å². The van der Waals surface area contributed by atoms with E-state index in [1.807, 2.05) is 60.9 Å². The molecule has 9 aromatic rings. The summed E-state index contributed by atoms with van der Waals surface area (Å²) in [7, 11) is -1.89. The van der Waals surface area contributed by atoms with Crippen molar-refractivity contribution in [1.82, 2.24) is 39.0 Å². The summed E-state index contributed by atoms with van der Waals surface area (Å²) in [6.45, 7) is 5.35. The molecule has 2 unspecified atom stereocenters. The SMILES string of the molecule is C.C.CCOC(=O)C1CCc2cc3cccnc3n2C1.COC(=O)c1cc2cccnc2[nH]1.Cc1cc(S(C)(=O)=O)ccc1Cc1c2n(c3ncccc13)CC(C(=O)O)CC2.O=C(O)c1cc2cccnc2[nH]1. The molecule has 0 saturated heterocycles. The summed E-state index contributed by atoms with van der Waals surface area (Å²) in [4.78, 5) is 67.7. The van der Waals surface area contributed by atoms with E-state index in [-0.39, 0.29) is 38.4 Å². The number of ether oxygens (including phenoxy) is 2. The number of methoxy groups -OCH3 is 1. The first kappa shape index (κ1) is 54.1. The second-order valence-electron chi connectivity index (χ2n) is 17.2. The standard InChI is InChI=1S/C21H22N2O4S.C14H16N2O2.C9H8N2O2.C8H6N2O2.2CH4/c1-13-10-16(28(2,26)27)7-5-14(13)11-18-17-4-3-9-22-20(17)23-12-15(21(24)25)6-8-19(18)23;1-2-18-14(17)11-5-6-12-8-10-4-3-7-15-13(10)16(12)9-11;1-13-9(12)7-5-6-3-2-4-10-8(6)11-7;11-8(12)6-4-5-2-1-3-9-7(5)10-6;;/h3-5,7,9-10,15H,6,8,11-12H2,1-2H3,(H,24,25);3-4,7-8,11H,2,5-6,9H2,1H3;2-5H,1H3,(H,10,11);1-4H,(H,9,10)(H,11,12);2*1H4. The number of aryl methyl sites for hydroxylation is 2. The van der Waals surface area contributed by atoms with Crippen LogP contribution in [0.15, 0.2) is 115 Å². The number of pyridine rings is 4. The van der Waals surface area contributed by atoms with Gasteiger partial charge in [0.25, 0.3) is 0 Å². The van der Waals surface area contributed by atoms with Crippen LogP contribution in [-0.2, 0) is 61.3 Å². The summed E-state index contributed by atoms with van der Waals surface area (Å²) in [5.41, 5.74) is 9.25. The molecule has 2 aliphatic rings. The average molecular weight is 1010 g/mol. The number of fused-ring (bicyclic) bond motifs is 8. The summed E-state index contributed by atoms with van der Waals surface area (Å²) in [6.07, 6.45) is 11.8. The lowest BCUT2D eigenvalue weighted by atomic mass is 9.93. The molecule has 0 amide bonds. The number of carbonyl (C=O) groups excluding carboxylic acids is 2. The van der Waals surface area contributed by atoms with Gasteiger partial charge in [0, 0.05) is 83.5 Å². The number of aliphatic carboxylic acids is 1. The van der Waals surface area contributed by atoms with Crippen molar-refractivity contribution in [3.05, 3.63) is 149 Å². The lowest BCUT2D eigenvalue weighted by molar-refractivity contribution is -0.149. The highest BCUT2D eigenvalue weighted by atomic mass is 32.2. The molecule has 0 radical (unpaired) electrons. The van der Waals surface area contributed by atoms with Crippen molar-refractivity contribution in [2.75, 3.05) is 20.0 Å². The topological polar surface area (TPSA) is 254 Å². The van der Waals surface area contributed by atoms with Crippen molar-refractivity contribution >= 4 is 77.8 Å². The zero-order valence-electron chi connectivity index (χ0n) is 39.5. The predicted octanol–water partition coefficient (Wildman–Crippen LogP) is 9.03. The number of H-pyrrole nitrogens is 2. The molecule has 10 heterocycles. The van der Waals surface area contributed by atoms with Gasteiger partial charge in [0.15, 0.2) is 9.84 Å². The van der Waals surface area contributed by atoms with Crippen LogP contribution in [0.1, 0.15) is 83.7 Å². The molecule has 18 nitrogen and oxygen atoms in total. The first-order valence-corrected chi connectivity index (χ1v) is 24.8. The molecule has 8 aromatic heterocycles. The van der Waals surface area contributed by atoms with Crippen molar-refractivity contribution in [2.24, 2.45) is 11.8 Å². The molecule has 73 heavy (non-hydrogen) atoms. The third-order valence-electron chi connectivity index (χ3n) is 12.6. The van der Waals surface area contributed by atoms with E-state index in [1.165, 1.54) is 19.1 Å².